The Morgan fingerprint density at radius 2 is 2.15 bits per heavy atom. The SMILES string of the molecule is CC(C)(C)c1cc2c(o1)CCNC2. The maximum atomic E-state index is 5.83. The van der Waals surface area contributed by atoms with Crippen LogP contribution in [0.25, 0.3) is 0 Å². The Labute approximate surface area is 79.3 Å². The summed E-state index contributed by atoms with van der Waals surface area (Å²) in [5.41, 5.74) is 1.48. The van der Waals surface area contributed by atoms with Crippen molar-refractivity contribution in [3.05, 3.63) is 23.2 Å². The van der Waals surface area contributed by atoms with Gasteiger partial charge in [0.15, 0.2) is 0 Å². The third kappa shape index (κ3) is 1.63. The Morgan fingerprint density at radius 3 is 2.77 bits per heavy atom. The molecule has 2 heterocycles. The van der Waals surface area contributed by atoms with Crippen LogP contribution in [0.2, 0.25) is 0 Å². The Bertz CT molecular complexity index is 283. The van der Waals surface area contributed by atoms with E-state index in [-0.39, 0.29) is 5.41 Å². The molecule has 0 bridgehead atoms. The molecule has 0 unspecified atom stereocenters. The molecule has 0 aliphatic carbocycles. The molecular weight excluding hydrogens is 162 g/mol. The molecule has 2 nitrogen and oxygen atoms in total. The Kier molecular flexibility index (Phi) is 1.95. The first kappa shape index (κ1) is 8.82. The van der Waals surface area contributed by atoms with E-state index in [9.17, 15) is 0 Å². The zero-order valence-corrected chi connectivity index (χ0v) is 8.61. The van der Waals surface area contributed by atoms with Crippen LogP contribution >= 0.6 is 0 Å². The van der Waals surface area contributed by atoms with Crippen molar-refractivity contribution in [1.82, 2.24) is 5.32 Å². The van der Waals surface area contributed by atoms with E-state index >= 15 is 0 Å². The van der Waals surface area contributed by atoms with Crippen LogP contribution < -0.4 is 5.32 Å². The standard InChI is InChI=1S/C11H17NO/c1-11(2,3)10-6-8-7-12-5-4-9(8)13-10/h6,12H,4-5,7H2,1-3H3. The van der Waals surface area contributed by atoms with Gasteiger partial charge in [0.25, 0.3) is 0 Å². The molecule has 13 heavy (non-hydrogen) atoms. The summed E-state index contributed by atoms with van der Waals surface area (Å²) >= 11 is 0. The van der Waals surface area contributed by atoms with Gasteiger partial charge in [-0.2, -0.15) is 0 Å². The van der Waals surface area contributed by atoms with Crippen molar-refractivity contribution in [2.24, 2.45) is 0 Å². The number of fused-ring (bicyclic) bond motifs is 1. The fourth-order valence-electron chi connectivity index (χ4n) is 1.62. The number of rotatable bonds is 0. The van der Waals surface area contributed by atoms with Gasteiger partial charge in [-0.15, -0.1) is 0 Å². The van der Waals surface area contributed by atoms with Gasteiger partial charge in [-0.3, -0.25) is 0 Å². The lowest BCUT2D eigenvalue weighted by atomic mass is 9.93. The molecule has 0 saturated carbocycles. The van der Waals surface area contributed by atoms with Gasteiger partial charge in [0.1, 0.15) is 11.5 Å². The third-order valence-electron chi connectivity index (χ3n) is 2.48. The maximum absolute atomic E-state index is 5.83. The lowest BCUT2D eigenvalue weighted by Crippen LogP contribution is -2.22. The summed E-state index contributed by atoms with van der Waals surface area (Å²) in [4.78, 5) is 0. The number of hydrogen-bond donors (Lipinski definition) is 1. The molecule has 0 amide bonds. The van der Waals surface area contributed by atoms with E-state index in [2.05, 4.69) is 32.2 Å². The molecule has 0 saturated heterocycles. The van der Waals surface area contributed by atoms with E-state index < -0.39 is 0 Å². The molecule has 72 valence electrons. The summed E-state index contributed by atoms with van der Waals surface area (Å²) < 4.78 is 5.83. The quantitative estimate of drug-likeness (QED) is 0.660. The average Bonchev–Trinajstić information content (AvgIpc) is 2.45. The first-order chi connectivity index (χ1) is 6.07. The molecule has 1 aromatic rings. The van der Waals surface area contributed by atoms with Gasteiger partial charge in [-0.05, 0) is 6.07 Å². The van der Waals surface area contributed by atoms with Crippen LogP contribution in [0.3, 0.4) is 0 Å². The minimum atomic E-state index is 0.136. The zero-order chi connectivity index (χ0) is 9.47. The van der Waals surface area contributed by atoms with Crippen LogP contribution in [0.1, 0.15) is 37.9 Å². The topological polar surface area (TPSA) is 25.2 Å². The van der Waals surface area contributed by atoms with Gasteiger partial charge in [-0.25, -0.2) is 0 Å². The lowest BCUT2D eigenvalue weighted by Gasteiger charge is -2.14. The summed E-state index contributed by atoms with van der Waals surface area (Å²) in [7, 11) is 0. The van der Waals surface area contributed by atoms with E-state index in [1.165, 1.54) is 11.3 Å². The molecule has 2 rings (SSSR count). The van der Waals surface area contributed by atoms with Gasteiger partial charge < -0.3 is 9.73 Å². The zero-order valence-electron chi connectivity index (χ0n) is 8.61. The summed E-state index contributed by atoms with van der Waals surface area (Å²) in [6, 6.07) is 2.20. The van der Waals surface area contributed by atoms with Gasteiger partial charge in [0.2, 0.25) is 0 Å². The second kappa shape index (κ2) is 2.88. The minimum absolute atomic E-state index is 0.136. The first-order valence-corrected chi connectivity index (χ1v) is 4.90. The van der Waals surface area contributed by atoms with Crippen molar-refractivity contribution < 1.29 is 4.42 Å². The second-order valence-electron chi connectivity index (χ2n) is 4.74. The Balaban J connectivity index is 2.36. The maximum Gasteiger partial charge on any atom is 0.109 e. The molecule has 0 radical (unpaired) electrons. The monoisotopic (exact) mass is 179 g/mol. The molecular formula is C11H17NO. The average molecular weight is 179 g/mol. The van der Waals surface area contributed by atoms with Gasteiger partial charge in [-0.1, -0.05) is 20.8 Å². The Morgan fingerprint density at radius 1 is 1.38 bits per heavy atom. The molecule has 1 aliphatic rings. The molecule has 1 aliphatic heterocycles. The van der Waals surface area contributed by atoms with E-state index in [0.717, 1.165) is 25.3 Å². The molecule has 0 atom stereocenters. The summed E-state index contributed by atoms with van der Waals surface area (Å²) in [6.45, 7) is 8.57. The van der Waals surface area contributed by atoms with Crippen molar-refractivity contribution >= 4 is 0 Å². The van der Waals surface area contributed by atoms with E-state index in [0.29, 0.717) is 0 Å². The van der Waals surface area contributed by atoms with Crippen molar-refractivity contribution in [2.45, 2.75) is 39.2 Å². The highest BCUT2D eigenvalue weighted by Crippen LogP contribution is 2.28. The molecule has 0 aromatic carbocycles. The van der Waals surface area contributed by atoms with Crippen molar-refractivity contribution in [3.63, 3.8) is 0 Å². The highest BCUT2D eigenvalue weighted by molar-refractivity contribution is 5.27. The molecule has 0 spiro atoms. The van der Waals surface area contributed by atoms with Gasteiger partial charge in [0, 0.05) is 30.5 Å². The molecule has 0 fully saturated rings. The van der Waals surface area contributed by atoms with E-state index in [1.54, 1.807) is 0 Å². The largest absolute Gasteiger partial charge is 0.465 e. The van der Waals surface area contributed by atoms with Crippen molar-refractivity contribution in [2.75, 3.05) is 6.54 Å². The smallest absolute Gasteiger partial charge is 0.109 e. The van der Waals surface area contributed by atoms with Gasteiger partial charge in [0.05, 0.1) is 0 Å². The van der Waals surface area contributed by atoms with Gasteiger partial charge >= 0.3 is 0 Å². The minimum Gasteiger partial charge on any atom is -0.465 e. The van der Waals surface area contributed by atoms with E-state index in [1.807, 2.05) is 0 Å². The van der Waals surface area contributed by atoms with Crippen LogP contribution in [-0.4, -0.2) is 6.54 Å². The number of hydrogen-bond acceptors (Lipinski definition) is 2. The highest BCUT2D eigenvalue weighted by Gasteiger charge is 2.22. The summed E-state index contributed by atoms with van der Waals surface area (Å²) in [5.74, 6) is 2.30. The molecule has 1 aromatic heterocycles. The fourth-order valence-corrected chi connectivity index (χ4v) is 1.62. The number of furan rings is 1. The normalized spacial score (nSPS) is 17.2. The van der Waals surface area contributed by atoms with Crippen LogP contribution in [0.15, 0.2) is 10.5 Å². The highest BCUT2D eigenvalue weighted by atomic mass is 16.3. The van der Waals surface area contributed by atoms with E-state index in [4.69, 9.17) is 4.42 Å². The van der Waals surface area contributed by atoms with Crippen LogP contribution in [0.4, 0.5) is 0 Å². The lowest BCUT2D eigenvalue weighted by molar-refractivity contribution is 0.378. The summed E-state index contributed by atoms with van der Waals surface area (Å²) in [6.07, 6.45) is 1.03. The van der Waals surface area contributed by atoms with Crippen molar-refractivity contribution in [1.29, 1.82) is 0 Å². The van der Waals surface area contributed by atoms with Crippen LogP contribution in [0.5, 0.6) is 0 Å². The third-order valence-corrected chi connectivity index (χ3v) is 2.48. The van der Waals surface area contributed by atoms with Crippen LogP contribution in [0, 0.1) is 0 Å². The number of nitrogens with one attached hydrogen (secondary N) is 1. The van der Waals surface area contributed by atoms with Crippen molar-refractivity contribution in [3.8, 4) is 0 Å². The Hall–Kier alpha value is -0.760. The summed E-state index contributed by atoms with van der Waals surface area (Å²) in [5, 5.41) is 3.35. The predicted octanol–water partition coefficient (Wildman–Crippen LogP) is 2.22. The first-order valence-electron chi connectivity index (χ1n) is 4.90. The molecule has 1 N–H and O–H groups in total. The molecule has 2 heteroatoms. The fraction of sp³-hybridized carbons (Fsp3) is 0.636. The predicted molar refractivity (Wildman–Crippen MR) is 52.8 cm³/mol. The van der Waals surface area contributed by atoms with Crippen LogP contribution in [-0.2, 0) is 18.4 Å². The second-order valence-corrected chi connectivity index (χ2v) is 4.74.